The predicted molar refractivity (Wildman–Crippen MR) is 94.6 cm³/mol. The summed E-state index contributed by atoms with van der Waals surface area (Å²) in [5.41, 5.74) is 2.38. The number of anilines is 1. The second-order valence-electron chi connectivity index (χ2n) is 5.61. The lowest BCUT2D eigenvalue weighted by Gasteiger charge is -2.12. The molecule has 0 saturated heterocycles. The maximum atomic E-state index is 12.3. The Hall–Kier alpha value is -3.08. The quantitative estimate of drug-likeness (QED) is 0.803. The highest BCUT2D eigenvalue weighted by Crippen LogP contribution is 2.17. The highest BCUT2D eigenvalue weighted by atomic mass is 16.5. The maximum absolute atomic E-state index is 12.3. The molecule has 1 aromatic heterocycles. The maximum Gasteiger partial charge on any atom is 0.244 e. The summed E-state index contributed by atoms with van der Waals surface area (Å²) < 4.78 is 6.92. The zero-order valence-corrected chi connectivity index (χ0v) is 13.6. The molecule has 0 spiro atoms. The molecular formula is C19H18N2O3. The third kappa shape index (κ3) is 3.30. The summed E-state index contributed by atoms with van der Waals surface area (Å²) in [4.78, 5) is 24.3. The molecule has 122 valence electrons. The minimum atomic E-state index is -0.172. The van der Waals surface area contributed by atoms with Crippen LogP contribution in [-0.4, -0.2) is 17.6 Å². The lowest BCUT2D eigenvalue weighted by atomic mass is 10.1. The molecule has 5 heteroatoms. The first-order valence-corrected chi connectivity index (χ1v) is 7.60. The number of carbonyl (C=O) groups is 1. The van der Waals surface area contributed by atoms with Crippen LogP contribution in [0, 0.1) is 6.92 Å². The van der Waals surface area contributed by atoms with Crippen molar-refractivity contribution < 1.29 is 9.53 Å². The Bertz CT molecular complexity index is 960. The molecule has 0 aliphatic carbocycles. The number of hydrogen-bond donors (Lipinski definition) is 1. The van der Waals surface area contributed by atoms with Crippen LogP contribution in [0.3, 0.4) is 0 Å². The molecular weight excluding hydrogens is 304 g/mol. The number of benzene rings is 2. The molecule has 0 saturated carbocycles. The average Bonchev–Trinajstić information content (AvgIpc) is 2.57. The molecule has 0 atom stereocenters. The van der Waals surface area contributed by atoms with Crippen molar-refractivity contribution >= 4 is 22.5 Å². The van der Waals surface area contributed by atoms with E-state index in [1.54, 1.807) is 30.0 Å². The monoisotopic (exact) mass is 322 g/mol. The van der Waals surface area contributed by atoms with Crippen molar-refractivity contribution in [2.75, 3.05) is 12.4 Å². The number of carbonyl (C=O) groups excluding carboxylic acids is 1. The normalized spacial score (nSPS) is 10.6. The highest BCUT2D eigenvalue weighted by molar-refractivity contribution is 5.92. The summed E-state index contributed by atoms with van der Waals surface area (Å²) in [5, 5.41) is 3.46. The molecule has 3 aromatic rings. The van der Waals surface area contributed by atoms with Crippen LogP contribution in [0.5, 0.6) is 5.75 Å². The zero-order chi connectivity index (χ0) is 17.1. The number of aromatic nitrogens is 1. The van der Waals surface area contributed by atoms with Gasteiger partial charge in [0.1, 0.15) is 12.3 Å². The van der Waals surface area contributed by atoms with Crippen molar-refractivity contribution in [2.45, 2.75) is 13.5 Å². The summed E-state index contributed by atoms with van der Waals surface area (Å²) in [7, 11) is 1.58. The van der Waals surface area contributed by atoms with Gasteiger partial charge in [-0.15, -0.1) is 0 Å². The van der Waals surface area contributed by atoms with Crippen molar-refractivity contribution in [1.29, 1.82) is 0 Å². The van der Waals surface area contributed by atoms with E-state index in [-0.39, 0.29) is 17.9 Å². The van der Waals surface area contributed by atoms with Gasteiger partial charge in [0, 0.05) is 29.4 Å². The van der Waals surface area contributed by atoms with Crippen molar-refractivity contribution in [3.05, 3.63) is 70.5 Å². The number of hydrogen-bond acceptors (Lipinski definition) is 3. The number of fused-ring (bicyclic) bond motifs is 1. The number of nitrogens with zero attached hydrogens (tertiary/aromatic N) is 1. The second kappa shape index (κ2) is 6.58. The average molecular weight is 322 g/mol. The number of pyridine rings is 1. The van der Waals surface area contributed by atoms with Gasteiger partial charge in [-0.3, -0.25) is 9.59 Å². The number of methoxy groups -OCH3 is 1. The van der Waals surface area contributed by atoms with E-state index in [2.05, 4.69) is 5.32 Å². The van der Waals surface area contributed by atoms with Gasteiger partial charge in [0.05, 0.1) is 12.6 Å². The van der Waals surface area contributed by atoms with Crippen molar-refractivity contribution in [3.63, 3.8) is 0 Å². The predicted octanol–water partition coefficient (Wildman–Crippen LogP) is 2.96. The summed E-state index contributed by atoms with van der Waals surface area (Å²) in [6.45, 7) is 2.06. The van der Waals surface area contributed by atoms with Crippen LogP contribution < -0.4 is 15.5 Å². The van der Waals surface area contributed by atoms with Gasteiger partial charge in [0.15, 0.2) is 5.43 Å². The third-order valence-corrected chi connectivity index (χ3v) is 3.80. The molecule has 0 aliphatic heterocycles. The zero-order valence-electron chi connectivity index (χ0n) is 13.6. The Labute approximate surface area is 139 Å². The molecule has 5 nitrogen and oxygen atoms in total. The van der Waals surface area contributed by atoms with E-state index < -0.39 is 0 Å². The van der Waals surface area contributed by atoms with Gasteiger partial charge >= 0.3 is 0 Å². The molecule has 0 radical (unpaired) electrons. The van der Waals surface area contributed by atoms with Gasteiger partial charge in [-0.05, 0) is 31.2 Å². The van der Waals surface area contributed by atoms with E-state index in [0.29, 0.717) is 16.8 Å². The van der Waals surface area contributed by atoms with E-state index in [4.69, 9.17) is 4.74 Å². The van der Waals surface area contributed by atoms with Crippen LogP contribution in [-0.2, 0) is 11.3 Å². The van der Waals surface area contributed by atoms with E-state index in [9.17, 15) is 9.59 Å². The molecule has 1 amide bonds. The molecule has 1 N–H and O–H groups in total. The van der Waals surface area contributed by atoms with Crippen LogP contribution in [0.25, 0.3) is 10.9 Å². The van der Waals surface area contributed by atoms with Crippen LogP contribution in [0.15, 0.2) is 59.5 Å². The minimum Gasteiger partial charge on any atom is -0.497 e. The molecule has 0 aliphatic rings. The lowest BCUT2D eigenvalue weighted by Crippen LogP contribution is -2.20. The fourth-order valence-corrected chi connectivity index (χ4v) is 2.62. The SMILES string of the molecule is COc1cccc(NC(=O)Cn2ccc(=O)c3cc(C)ccc32)c1. The summed E-state index contributed by atoms with van der Waals surface area (Å²) >= 11 is 0. The first-order chi connectivity index (χ1) is 11.6. The molecule has 0 fully saturated rings. The van der Waals surface area contributed by atoms with Gasteiger partial charge in [0.2, 0.25) is 5.91 Å². The standard InChI is InChI=1S/C19H18N2O3/c1-13-6-7-17-16(10-13)18(22)8-9-21(17)12-19(23)20-14-4-3-5-15(11-14)24-2/h3-11H,12H2,1-2H3,(H,20,23). The highest BCUT2D eigenvalue weighted by Gasteiger charge is 2.08. The van der Waals surface area contributed by atoms with Crippen LogP contribution >= 0.6 is 0 Å². The second-order valence-corrected chi connectivity index (χ2v) is 5.61. The molecule has 0 bridgehead atoms. The van der Waals surface area contributed by atoms with Gasteiger partial charge in [-0.2, -0.15) is 0 Å². The largest absolute Gasteiger partial charge is 0.497 e. The van der Waals surface area contributed by atoms with E-state index in [1.807, 2.05) is 37.3 Å². The van der Waals surface area contributed by atoms with Crippen LogP contribution in [0.1, 0.15) is 5.56 Å². The van der Waals surface area contributed by atoms with Gasteiger partial charge < -0.3 is 14.6 Å². The lowest BCUT2D eigenvalue weighted by molar-refractivity contribution is -0.116. The van der Waals surface area contributed by atoms with Crippen molar-refractivity contribution in [1.82, 2.24) is 4.57 Å². The Morgan fingerprint density at radius 3 is 2.79 bits per heavy atom. The minimum absolute atomic E-state index is 0.0434. The summed E-state index contributed by atoms with van der Waals surface area (Å²) in [5.74, 6) is 0.505. The number of nitrogens with one attached hydrogen (secondary N) is 1. The molecule has 2 aromatic carbocycles. The third-order valence-electron chi connectivity index (χ3n) is 3.80. The van der Waals surface area contributed by atoms with E-state index in [0.717, 1.165) is 11.1 Å². The first-order valence-electron chi connectivity index (χ1n) is 7.60. The van der Waals surface area contributed by atoms with Gasteiger partial charge in [-0.1, -0.05) is 17.7 Å². The van der Waals surface area contributed by atoms with Crippen molar-refractivity contribution in [2.24, 2.45) is 0 Å². The Balaban J connectivity index is 1.85. The van der Waals surface area contributed by atoms with Crippen LogP contribution in [0.2, 0.25) is 0 Å². The van der Waals surface area contributed by atoms with E-state index in [1.165, 1.54) is 6.07 Å². The summed E-state index contributed by atoms with van der Waals surface area (Å²) in [6.07, 6.45) is 1.64. The number of ether oxygens (including phenoxy) is 1. The van der Waals surface area contributed by atoms with Gasteiger partial charge in [0.25, 0.3) is 0 Å². The Morgan fingerprint density at radius 2 is 2.00 bits per heavy atom. The van der Waals surface area contributed by atoms with Crippen molar-refractivity contribution in [3.8, 4) is 5.75 Å². The molecule has 3 rings (SSSR count). The summed E-state index contributed by atoms with van der Waals surface area (Å²) in [6, 6.07) is 14.3. The fourth-order valence-electron chi connectivity index (χ4n) is 2.62. The number of rotatable bonds is 4. The molecule has 0 unspecified atom stereocenters. The fraction of sp³-hybridized carbons (Fsp3) is 0.158. The van der Waals surface area contributed by atoms with E-state index >= 15 is 0 Å². The molecule has 24 heavy (non-hydrogen) atoms. The number of amides is 1. The van der Waals surface area contributed by atoms with Gasteiger partial charge in [-0.25, -0.2) is 0 Å². The topological polar surface area (TPSA) is 60.3 Å². The van der Waals surface area contributed by atoms with Crippen LogP contribution in [0.4, 0.5) is 5.69 Å². The first kappa shape index (κ1) is 15.8. The Morgan fingerprint density at radius 1 is 1.17 bits per heavy atom. The number of aryl methyl sites for hydroxylation is 1. The molecule has 1 heterocycles. The smallest absolute Gasteiger partial charge is 0.244 e. The Kier molecular flexibility index (Phi) is 4.33.